The maximum absolute atomic E-state index is 13.1. The zero-order valence-electron chi connectivity index (χ0n) is 12.1. The van der Waals surface area contributed by atoms with Gasteiger partial charge in [-0.25, -0.2) is 4.39 Å². The lowest BCUT2D eigenvalue weighted by Gasteiger charge is -2.43. The molecule has 1 aromatic carbocycles. The van der Waals surface area contributed by atoms with Crippen molar-refractivity contribution in [3.05, 3.63) is 35.6 Å². The van der Waals surface area contributed by atoms with E-state index in [2.05, 4.69) is 16.7 Å². The molecule has 2 N–H and O–H groups in total. The van der Waals surface area contributed by atoms with Crippen LogP contribution in [-0.2, 0) is 0 Å². The number of hydrogen-bond acceptors (Lipinski definition) is 3. The van der Waals surface area contributed by atoms with Gasteiger partial charge in [0.25, 0.3) is 0 Å². The Kier molecular flexibility index (Phi) is 4.06. The van der Waals surface area contributed by atoms with Gasteiger partial charge in [-0.15, -0.1) is 0 Å². The minimum atomic E-state index is -0.183. The third-order valence-corrected chi connectivity index (χ3v) is 4.72. The summed E-state index contributed by atoms with van der Waals surface area (Å²) in [5.74, 6) is -0.183. The summed E-state index contributed by atoms with van der Waals surface area (Å²) in [6.07, 6.45) is 2.61. The van der Waals surface area contributed by atoms with Crippen LogP contribution in [0.3, 0.4) is 0 Å². The van der Waals surface area contributed by atoms with Crippen molar-refractivity contribution in [1.82, 2.24) is 9.80 Å². The Morgan fingerprint density at radius 3 is 2.65 bits per heavy atom. The van der Waals surface area contributed by atoms with Gasteiger partial charge in [0.1, 0.15) is 5.82 Å². The molecule has 110 valence electrons. The SMILES string of the molecule is CC(N)C(c1ccc(F)cc1)N1CCN2CCCC2C1. The molecule has 20 heavy (non-hydrogen) atoms. The number of benzene rings is 1. The Morgan fingerprint density at radius 1 is 1.20 bits per heavy atom. The number of rotatable bonds is 3. The molecular formula is C16H24FN3. The first-order chi connectivity index (χ1) is 9.65. The molecule has 0 spiro atoms. The van der Waals surface area contributed by atoms with Crippen LogP contribution in [0.5, 0.6) is 0 Å². The number of halogens is 1. The molecule has 2 fully saturated rings. The second-order valence-electron chi connectivity index (χ2n) is 6.18. The Hall–Kier alpha value is -0.970. The van der Waals surface area contributed by atoms with E-state index in [4.69, 9.17) is 5.73 Å². The third-order valence-electron chi connectivity index (χ3n) is 4.72. The molecule has 0 radical (unpaired) electrons. The molecular weight excluding hydrogens is 253 g/mol. The van der Waals surface area contributed by atoms with E-state index in [9.17, 15) is 4.39 Å². The summed E-state index contributed by atoms with van der Waals surface area (Å²) in [4.78, 5) is 5.09. The topological polar surface area (TPSA) is 32.5 Å². The molecule has 2 aliphatic rings. The molecule has 0 saturated carbocycles. The predicted molar refractivity (Wildman–Crippen MR) is 79.0 cm³/mol. The fourth-order valence-electron chi connectivity index (χ4n) is 3.77. The quantitative estimate of drug-likeness (QED) is 0.917. The second-order valence-corrected chi connectivity index (χ2v) is 6.18. The smallest absolute Gasteiger partial charge is 0.123 e. The maximum Gasteiger partial charge on any atom is 0.123 e. The molecule has 0 aromatic heterocycles. The van der Waals surface area contributed by atoms with Crippen LogP contribution >= 0.6 is 0 Å². The lowest BCUT2D eigenvalue weighted by molar-refractivity contribution is 0.0635. The first kappa shape index (κ1) is 14.0. The fraction of sp³-hybridized carbons (Fsp3) is 0.625. The molecule has 3 rings (SSSR count). The molecule has 2 aliphatic heterocycles. The number of nitrogens with two attached hydrogens (primary N) is 1. The summed E-state index contributed by atoms with van der Waals surface area (Å²) >= 11 is 0. The van der Waals surface area contributed by atoms with Crippen LogP contribution in [0, 0.1) is 5.82 Å². The molecule has 0 bridgehead atoms. The van der Waals surface area contributed by atoms with Gasteiger partial charge in [-0.05, 0) is 44.0 Å². The standard InChI is InChI=1S/C16H24FN3/c1-12(18)16(13-4-6-14(17)7-5-13)20-10-9-19-8-2-3-15(19)11-20/h4-7,12,15-16H,2-3,8-11,18H2,1H3. The Labute approximate surface area is 120 Å². The van der Waals surface area contributed by atoms with Crippen LogP contribution in [0.2, 0.25) is 0 Å². The summed E-state index contributed by atoms with van der Waals surface area (Å²) in [6.45, 7) is 6.58. The summed E-state index contributed by atoms with van der Waals surface area (Å²) in [5, 5.41) is 0. The van der Waals surface area contributed by atoms with Crippen LogP contribution in [0.25, 0.3) is 0 Å². The zero-order chi connectivity index (χ0) is 14.1. The average molecular weight is 277 g/mol. The van der Waals surface area contributed by atoms with Gasteiger partial charge in [0, 0.05) is 37.8 Å². The van der Waals surface area contributed by atoms with Crippen LogP contribution in [-0.4, -0.2) is 48.1 Å². The van der Waals surface area contributed by atoms with Crippen molar-refractivity contribution in [3.63, 3.8) is 0 Å². The van der Waals surface area contributed by atoms with Gasteiger partial charge in [-0.3, -0.25) is 9.80 Å². The largest absolute Gasteiger partial charge is 0.326 e. The number of hydrogen-bond donors (Lipinski definition) is 1. The Bertz CT molecular complexity index is 446. The molecule has 2 saturated heterocycles. The lowest BCUT2D eigenvalue weighted by atomic mass is 9.97. The van der Waals surface area contributed by atoms with E-state index in [-0.39, 0.29) is 17.9 Å². The van der Waals surface area contributed by atoms with Gasteiger partial charge in [-0.2, -0.15) is 0 Å². The van der Waals surface area contributed by atoms with E-state index < -0.39 is 0 Å². The Morgan fingerprint density at radius 2 is 1.95 bits per heavy atom. The fourth-order valence-corrected chi connectivity index (χ4v) is 3.77. The summed E-state index contributed by atoms with van der Waals surface area (Å²) in [5.41, 5.74) is 7.36. The van der Waals surface area contributed by atoms with Crippen molar-refractivity contribution in [2.24, 2.45) is 5.73 Å². The van der Waals surface area contributed by atoms with Crippen molar-refractivity contribution in [1.29, 1.82) is 0 Å². The number of nitrogens with zero attached hydrogens (tertiary/aromatic N) is 2. The van der Waals surface area contributed by atoms with E-state index in [0.717, 1.165) is 25.2 Å². The molecule has 4 heteroatoms. The monoisotopic (exact) mass is 277 g/mol. The van der Waals surface area contributed by atoms with Gasteiger partial charge >= 0.3 is 0 Å². The van der Waals surface area contributed by atoms with E-state index >= 15 is 0 Å². The molecule has 1 aromatic rings. The highest BCUT2D eigenvalue weighted by Gasteiger charge is 2.34. The van der Waals surface area contributed by atoms with Gasteiger partial charge in [0.2, 0.25) is 0 Å². The van der Waals surface area contributed by atoms with Crippen molar-refractivity contribution in [2.75, 3.05) is 26.2 Å². The molecule has 0 amide bonds. The molecule has 3 nitrogen and oxygen atoms in total. The van der Waals surface area contributed by atoms with Crippen molar-refractivity contribution < 1.29 is 4.39 Å². The lowest BCUT2D eigenvalue weighted by Crippen LogP contribution is -2.53. The highest BCUT2D eigenvalue weighted by Crippen LogP contribution is 2.29. The van der Waals surface area contributed by atoms with E-state index in [1.165, 1.54) is 31.5 Å². The normalized spacial score (nSPS) is 27.2. The molecule has 3 unspecified atom stereocenters. The van der Waals surface area contributed by atoms with Gasteiger partial charge in [0.05, 0.1) is 0 Å². The van der Waals surface area contributed by atoms with Crippen LogP contribution in [0.15, 0.2) is 24.3 Å². The summed E-state index contributed by atoms with van der Waals surface area (Å²) in [6, 6.07) is 7.76. The number of piperazine rings is 1. The first-order valence-corrected chi connectivity index (χ1v) is 7.64. The van der Waals surface area contributed by atoms with Gasteiger partial charge < -0.3 is 5.73 Å². The average Bonchev–Trinajstić information content (AvgIpc) is 2.88. The van der Waals surface area contributed by atoms with E-state index in [1.54, 1.807) is 0 Å². The molecule has 3 atom stereocenters. The second kappa shape index (κ2) is 5.80. The van der Waals surface area contributed by atoms with Crippen molar-refractivity contribution in [2.45, 2.75) is 37.9 Å². The minimum Gasteiger partial charge on any atom is -0.326 e. The summed E-state index contributed by atoms with van der Waals surface area (Å²) < 4.78 is 13.1. The maximum atomic E-state index is 13.1. The molecule has 2 heterocycles. The van der Waals surface area contributed by atoms with E-state index in [1.807, 2.05) is 12.1 Å². The van der Waals surface area contributed by atoms with Crippen LogP contribution < -0.4 is 5.73 Å². The predicted octanol–water partition coefficient (Wildman–Crippen LogP) is 1.99. The van der Waals surface area contributed by atoms with Gasteiger partial charge in [0.15, 0.2) is 0 Å². The van der Waals surface area contributed by atoms with Crippen LogP contribution in [0.4, 0.5) is 4.39 Å². The van der Waals surface area contributed by atoms with E-state index in [0.29, 0.717) is 6.04 Å². The highest BCUT2D eigenvalue weighted by atomic mass is 19.1. The highest BCUT2D eigenvalue weighted by molar-refractivity contribution is 5.22. The summed E-state index contributed by atoms with van der Waals surface area (Å²) in [7, 11) is 0. The number of fused-ring (bicyclic) bond motifs is 1. The molecule has 0 aliphatic carbocycles. The van der Waals surface area contributed by atoms with Gasteiger partial charge in [-0.1, -0.05) is 12.1 Å². The van der Waals surface area contributed by atoms with Crippen molar-refractivity contribution in [3.8, 4) is 0 Å². The van der Waals surface area contributed by atoms with Crippen molar-refractivity contribution >= 4 is 0 Å². The Balaban J connectivity index is 1.78. The first-order valence-electron chi connectivity index (χ1n) is 7.64. The van der Waals surface area contributed by atoms with Crippen LogP contribution in [0.1, 0.15) is 31.4 Å². The third kappa shape index (κ3) is 2.73. The minimum absolute atomic E-state index is 0.0495. The zero-order valence-corrected chi connectivity index (χ0v) is 12.1.